The number of nitrogen functional groups attached to an aromatic ring is 1. The molecule has 1 aromatic carbocycles. The first kappa shape index (κ1) is 14.2. The number of nitrogens with two attached hydrogens (primary N) is 1. The zero-order valence-electron chi connectivity index (χ0n) is 13.0. The molecule has 0 spiro atoms. The van der Waals surface area contributed by atoms with E-state index >= 15 is 0 Å². The fraction of sp³-hybridized carbons (Fsp3) is 0.588. The predicted molar refractivity (Wildman–Crippen MR) is 86.3 cm³/mol. The Bertz CT molecular complexity index is 533. The lowest BCUT2D eigenvalue weighted by atomic mass is 9.92. The highest BCUT2D eigenvalue weighted by molar-refractivity contribution is 5.85. The van der Waals surface area contributed by atoms with Crippen LogP contribution in [0.1, 0.15) is 25.8 Å². The number of hydrogen-bond acceptors (Lipinski definition) is 3. The van der Waals surface area contributed by atoms with Crippen molar-refractivity contribution in [1.82, 2.24) is 4.90 Å². The van der Waals surface area contributed by atoms with E-state index in [9.17, 15) is 4.79 Å². The smallest absolute Gasteiger partial charge is 0.242 e. The van der Waals surface area contributed by atoms with Crippen LogP contribution in [0.4, 0.5) is 11.4 Å². The summed E-state index contributed by atoms with van der Waals surface area (Å²) in [4.78, 5) is 16.8. The van der Waals surface area contributed by atoms with Gasteiger partial charge in [0.2, 0.25) is 5.91 Å². The fourth-order valence-corrected chi connectivity index (χ4v) is 3.85. The molecule has 2 aliphatic heterocycles. The lowest BCUT2D eigenvalue weighted by molar-refractivity contribution is -0.132. The van der Waals surface area contributed by atoms with E-state index in [0.29, 0.717) is 18.4 Å². The number of nitrogens with zero attached hydrogens (tertiary/aromatic N) is 2. The average Bonchev–Trinajstić information content (AvgIpc) is 2.82. The largest absolute Gasteiger partial charge is 0.397 e. The first-order valence-corrected chi connectivity index (χ1v) is 7.94. The van der Waals surface area contributed by atoms with E-state index in [0.717, 1.165) is 37.4 Å². The maximum absolute atomic E-state index is 12.6. The van der Waals surface area contributed by atoms with Crippen LogP contribution in [0.25, 0.3) is 0 Å². The zero-order chi connectivity index (χ0) is 15.0. The van der Waals surface area contributed by atoms with Crippen LogP contribution in [0.15, 0.2) is 18.2 Å². The van der Waals surface area contributed by atoms with E-state index in [1.54, 1.807) is 0 Å². The SMILES string of the molecule is CC1CC(C)CN(C(=O)CN2CCc3cccc(N)c32)C1. The summed E-state index contributed by atoms with van der Waals surface area (Å²) in [6, 6.07) is 6.03. The van der Waals surface area contributed by atoms with Gasteiger partial charge in [0.05, 0.1) is 17.9 Å². The first-order valence-electron chi connectivity index (χ1n) is 7.94. The van der Waals surface area contributed by atoms with Crippen molar-refractivity contribution < 1.29 is 4.79 Å². The highest BCUT2D eigenvalue weighted by Gasteiger charge is 2.29. The van der Waals surface area contributed by atoms with Crippen molar-refractivity contribution in [2.45, 2.75) is 26.7 Å². The number of hydrogen-bond donors (Lipinski definition) is 1. The number of rotatable bonds is 2. The molecular weight excluding hydrogens is 262 g/mol. The monoisotopic (exact) mass is 287 g/mol. The van der Waals surface area contributed by atoms with Gasteiger partial charge in [-0.15, -0.1) is 0 Å². The van der Waals surface area contributed by atoms with Crippen molar-refractivity contribution in [1.29, 1.82) is 0 Å². The molecule has 2 aliphatic rings. The van der Waals surface area contributed by atoms with Gasteiger partial charge in [0, 0.05) is 19.6 Å². The molecule has 0 bridgehead atoms. The Hall–Kier alpha value is -1.71. The van der Waals surface area contributed by atoms with E-state index in [1.165, 1.54) is 12.0 Å². The molecule has 1 fully saturated rings. The molecule has 0 saturated carbocycles. The molecule has 0 aliphatic carbocycles. The van der Waals surface area contributed by atoms with E-state index < -0.39 is 0 Å². The molecule has 0 radical (unpaired) electrons. The quantitative estimate of drug-likeness (QED) is 0.848. The average molecular weight is 287 g/mol. The standard InChI is InChI=1S/C17H25N3O/c1-12-8-13(2)10-20(9-12)16(21)11-19-7-6-14-4-3-5-15(18)17(14)19/h3-5,12-13H,6-11,18H2,1-2H3. The number of carbonyl (C=O) groups excluding carboxylic acids is 1. The molecule has 114 valence electrons. The van der Waals surface area contributed by atoms with Gasteiger partial charge in [0.25, 0.3) is 0 Å². The maximum Gasteiger partial charge on any atom is 0.242 e. The summed E-state index contributed by atoms with van der Waals surface area (Å²) >= 11 is 0. The summed E-state index contributed by atoms with van der Waals surface area (Å²) in [6.07, 6.45) is 2.21. The first-order chi connectivity index (χ1) is 10.0. The molecule has 2 atom stereocenters. The number of para-hydroxylation sites is 1. The van der Waals surface area contributed by atoms with Gasteiger partial charge in [0.1, 0.15) is 0 Å². The van der Waals surface area contributed by atoms with Gasteiger partial charge in [-0.25, -0.2) is 0 Å². The van der Waals surface area contributed by atoms with Crippen LogP contribution in [0.2, 0.25) is 0 Å². The number of piperidine rings is 1. The van der Waals surface area contributed by atoms with Crippen molar-refractivity contribution in [2.75, 3.05) is 36.8 Å². The molecule has 2 N–H and O–H groups in total. The minimum absolute atomic E-state index is 0.240. The number of carbonyl (C=O) groups is 1. The Morgan fingerprint density at radius 1 is 1.29 bits per heavy atom. The van der Waals surface area contributed by atoms with Crippen LogP contribution in [-0.4, -0.2) is 37.0 Å². The molecule has 2 unspecified atom stereocenters. The summed E-state index contributed by atoms with van der Waals surface area (Å²) in [7, 11) is 0. The zero-order valence-corrected chi connectivity index (χ0v) is 13.0. The minimum Gasteiger partial charge on any atom is -0.397 e. The minimum atomic E-state index is 0.240. The van der Waals surface area contributed by atoms with Crippen LogP contribution in [0.5, 0.6) is 0 Å². The second-order valence-electron chi connectivity index (χ2n) is 6.77. The van der Waals surface area contributed by atoms with Gasteiger partial charge < -0.3 is 15.5 Å². The van der Waals surface area contributed by atoms with Crippen LogP contribution in [0, 0.1) is 11.8 Å². The fourth-order valence-electron chi connectivity index (χ4n) is 3.85. The van der Waals surface area contributed by atoms with Crippen molar-refractivity contribution in [3.05, 3.63) is 23.8 Å². The molecular formula is C17H25N3O. The molecule has 1 aromatic rings. The summed E-state index contributed by atoms with van der Waals surface area (Å²) in [5, 5.41) is 0. The molecule has 4 heteroatoms. The predicted octanol–water partition coefficient (Wildman–Crippen LogP) is 2.14. The van der Waals surface area contributed by atoms with E-state index in [-0.39, 0.29) is 5.91 Å². The molecule has 21 heavy (non-hydrogen) atoms. The number of anilines is 2. The highest BCUT2D eigenvalue weighted by atomic mass is 16.2. The van der Waals surface area contributed by atoms with E-state index in [2.05, 4.69) is 24.8 Å². The number of amides is 1. The van der Waals surface area contributed by atoms with Gasteiger partial charge in [-0.05, 0) is 36.3 Å². The van der Waals surface area contributed by atoms with Crippen LogP contribution in [0.3, 0.4) is 0 Å². The molecule has 0 aromatic heterocycles. The van der Waals surface area contributed by atoms with Gasteiger partial charge in [-0.1, -0.05) is 26.0 Å². The molecule has 4 nitrogen and oxygen atoms in total. The van der Waals surface area contributed by atoms with Crippen molar-refractivity contribution >= 4 is 17.3 Å². The third-order valence-corrected chi connectivity index (χ3v) is 4.67. The molecule has 3 rings (SSSR count). The normalized spacial score (nSPS) is 25.0. The Morgan fingerprint density at radius 3 is 2.71 bits per heavy atom. The van der Waals surface area contributed by atoms with Crippen molar-refractivity contribution in [3.8, 4) is 0 Å². The maximum atomic E-state index is 12.6. The topological polar surface area (TPSA) is 49.6 Å². The van der Waals surface area contributed by atoms with Crippen molar-refractivity contribution in [3.63, 3.8) is 0 Å². The Morgan fingerprint density at radius 2 is 2.00 bits per heavy atom. The number of benzene rings is 1. The van der Waals surface area contributed by atoms with E-state index in [1.807, 2.05) is 17.0 Å². The third-order valence-electron chi connectivity index (χ3n) is 4.67. The second-order valence-corrected chi connectivity index (χ2v) is 6.77. The summed E-state index contributed by atoms with van der Waals surface area (Å²) in [5.41, 5.74) is 9.22. The van der Waals surface area contributed by atoms with Gasteiger partial charge in [0.15, 0.2) is 0 Å². The molecule has 1 amide bonds. The summed E-state index contributed by atoms with van der Waals surface area (Å²) in [5.74, 6) is 1.45. The van der Waals surface area contributed by atoms with Gasteiger partial charge >= 0.3 is 0 Å². The van der Waals surface area contributed by atoms with Gasteiger partial charge in [-0.2, -0.15) is 0 Å². The second kappa shape index (κ2) is 5.58. The molecule has 1 saturated heterocycles. The summed E-state index contributed by atoms with van der Waals surface area (Å²) in [6.45, 7) is 7.62. The van der Waals surface area contributed by atoms with Crippen molar-refractivity contribution in [2.24, 2.45) is 11.8 Å². The number of fused-ring (bicyclic) bond motifs is 1. The molecule has 2 heterocycles. The van der Waals surface area contributed by atoms with Crippen LogP contribution in [-0.2, 0) is 11.2 Å². The Balaban J connectivity index is 1.70. The van der Waals surface area contributed by atoms with Crippen LogP contribution < -0.4 is 10.6 Å². The van der Waals surface area contributed by atoms with Gasteiger partial charge in [-0.3, -0.25) is 4.79 Å². The Labute approximate surface area is 126 Å². The number of likely N-dealkylation sites (tertiary alicyclic amines) is 1. The summed E-state index contributed by atoms with van der Waals surface area (Å²) < 4.78 is 0. The third kappa shape index (κ3) is 2.85. The Kier molecular flexibility index (Phi) is 3.79. The highest BCUT2D eigenvalue weighted by Crippen LogP contribution is 2.33. The van der Waals surface area contributed by atoms with E-state index in [4.69, 9.17) is 5.73 Å². The lowest BCUT2D eigenvalue weighted by Gasteiger charge is -2.36. The van der Waals surface area contributed by atoms with Crippen LogP contribution >= 0.6 is 0 Å². The lowest BCUT2D eigenvalue weighted by Crippen LogP contribution is -2.46.